The van der Waals surface area contributed by atoms with Gasteiger partial charge in [0.1, 0.15) is 11.9 Å². The Labute approximate surface area is 123 Å². The van der Waals surface area contributed by atoms with E-state index in [0.717, 1.165) is 10.9 Å². The number of hydrogen-bond acceptors (Lipinski definition) is 3. The first-order valence-corrected chi connectivity index (χ1v) is 6.98. The Hall–Kier alpha value is -1.21. The molecule has 1 aromatic rings. The molecule has 1 saturated heterocycles. The fraction of sp³-hybridized carbons (Fsp3) is 0.462. The summed E-state index contributed by atoms with van der Waals surface area (Å²) in [6, 6.07) is 4.67. The molecule has 1 fully saturated rings. The van der Waals surface area contributed by atoms with Gasteiger partial charge in [-0.2, -0.15) is 8.78 Å². The molecule has 1 aliphatic rings. The number of rotatable bonds is 5. The van der Waals surface area contributed by atoms with Crippen LogP contribution in [0.3, 0.4) is 0 Å². The summed E-state index contributed by atoms with van der Waals surface area (Å²) < 4.78 is 35.0. The fourth-order valence-electron chi connectivity index (χ4n) is 1.98. The number of ether oxygens (including phenoxy) is 2. The molecule has 7 heteroatoms. The molecule has 0 bridgehead atoms. The number of benzene rings is 1. The lowest BCUT2D eigenvalue weighted by Crippen LogP contribution is -2.33. The molecule has 0 radical (unpaired) electrons. The van der Waals surface area contributed by atoms with Gasteiger partial charge in [-0.1, -0.05) is 15.9 Å². The van der Waals surface area contributed by atoms with Crippen molar-refractivity contribution >= 4 is 21.8 Å². The van der Waals surface area contributed by atoms with Gasteiger partial charge in [-0.25, -0.2) is 0 Å². The first kappa shape index (κ1) is 15.2. The smallest absolute Gasteiger partial charge is 0.387 e. The van der Waals surface area contributed by atoms with E-state index in [0.29, 0.717) is 18.6 Å². The van der Waals surface area contributed by atoms with Crippen molar-refractivity contribution in [3.05, 3.63) is 28.2 Å². The summed E-state index contributed by atoms with van der Waals surface area (Å²) >= 11 is 3.26. The molecule has 4 nitrogen and oxygen atoms in total. The van der Waals surface area contributed by atoms with Gasteiger partial charge < -0.3 is 14.8 Å². The average Bonchev–Trinajstić information content (AvgIpc) is 2.92. The van der Waals surface area contributed by atoms with Crippen molar-refractivity contribution in [3.63, 3.8) is 0 Å². The Kier molecular flexibility index (Phi) is 5.31. The number of amides is 1. The van der Waals surface area contributed by atoms with Gasteiger partial charge in [-0.15, -0.1) is 0 Å². The molecule has 1 amide bonds. The molecular formula is C13H14BrF2NO3. The van der Waals surface area contributed by atoms with Crippen molar-refractivity contribution in [3.8, 4) is 5.75 Å². The van der Waals surface area contributed by atoms with Crippen molar-refractivity contribution in [2.45, 2.75) is 32.1 Å². The Morgan fingerprint density at radius 1 is 1.55 bits per heavy atom. The molecule has 0 aliphatic carbocycles. The maximum atomic E-state index is 12.3. The van der Waals surface area contributed by atoms with Gasteiger partial charge in [0.05, 0.1) is 0 Å². The quantitative estimate of drug-likeness (QED) is 0.889. The van der Waals surface area contributed by atoms with Crippen LogP contribution in [-0.2, 0) is 16.1 Å². The number of hydrogen-bond donors (Lipinski definition) is 1. The second-order valence-electron chi connectivity index (χ2n) is 4.35. The summed E-state index contributed by atoms with van der Waals surface area (Å²) in [4.78, 5) is 11.8. The van der Waals surface area contributed by atoms with Crippen LogP contribution < -0.4 is 10.1 Å². The van der Waals surface area contributed by atoms with Crippen molar-refractivity contribution in [2.24, 2.45) is 0 Å². The zero-order valence-electron chi connectivity index (χ0n) is 10.6. The fourth-order valence-corrected chi connectivity index (χ4v) is 2.39. The second-order valence-corrected chi connectivity index (χ2v) is 5.27. The zero-order chi connectivity index (χ0) is 14.5. The van der Waals surface area contributed by atoms with Crippen LogP contribution >= 0.6 is 15.9 Å². The van der Waals surface area contributed by atoms with E-state index in [9.17, 15) is 13.6 Å². The van der Waals surface area contributed by atoms with E-state index >= 15 is 0 Å². The van der Waals surface area contributed by atoms with Crippen molar-refractivity contribution < 1.29 is 23.0 Å². The monoisotopic (exact) mass is 349 g/mol. The van der Waals surface area contributed by atoms with Gasteiger partial charge in [0.25, 0.3) is 0 Å². The average molecular weight is 350 g/mol. The van der Waals surface area contributed by atoms with Crippen LogP contribution in [0, 0.1) is 0 Å². The topological polar surface area (TPSA) is 47.6 Å². The van der Waals surface area contributed by atoms with Crippen molar-refractivity contribution in [2.75, 3.05) is 6.61 Å². The largest absolute Gasteiger partial charge is 0.434 e. The molecule has 1 N–H and O–H groups in total. The van der Waals surface area contributed by atoms with Gasteiger partial charge in [0, 0.05) is 23.2 Å². The normalized spacial score (nSPS) is 18.3. The molecule has 0 spiro atoms. The van der Waals surface area contributed by atoms with Gasteiger partial charge in [-0.3, -0.25) is 4.79 Å². The van der Waals surface area contributed by atoms with E-state index in [-0.39, 0.29) is 18.2 Å². The Bertz CT molecular complexity index is 479. The highest BCUT2D eigenvalue weighted by atomic mass is 79.9. The van der Waals surface area contributed by atoms with Crippen LogP contribution in [0.4, 0.5) is 8.78 Å². The molecule has 1 atom stereocenters. The standard InChI is InChI=1S/C13H14BrF2NO3/c14-9-3-4-10(20-13(15)16)8(6-9)7-17-12(18)11-2-1-5-19-11/h3-4,6,11,13H,1-2,5,7H2,(H,17,18)/t11-/m0/s1. The molecular weight excluding hydrogens is 336 g/mol. The number of carbonyl (C=O) groups is 1. The third-order valence-electron chi connectivity index (χ3n) is 2.91. The molecule has 0 aromatic heterocycles. The van der Waals surface area contributed by atoms with Gasteiger partial charge in [0.2, 0.25) is 5.91 Å². The highest BCUT2D eigenvalue weighted by Gasteiger charge is 2.23. The number of nitrogens with one attached hydrogen (secondary N) is 1. The zero-order valence-corrected chi connectivity index (χ0v) is 12.2. The Morgan fingerprint density at radius 3 is 3.00 bits per heavy atom. The van der Waals surface area contributed by atoms with Gasteiger partial charge in [0.15, 0.2) is 0 Å². The SMILES string of the molecule is O=C(NCc1cc(Br)ccc1OC(F)F)[C@@H]1CCCO1. The highest BCUT2D eigenvalue weighted by Crippen LogP contribution is 2.25. The summed E-state index contributed by atoms with van der Waals surface area (Å²) in [5, 5.41) is 2.67. The van der Waals surface area contributed by atoms with Gasteiger partial charge in [-0.05, 0) is 31.0 Å². The maximum Gasteiger partial charge on any atom is 0.387 e. The first-order valence-electron chi connectivity index (χ1n) is 6.19. The molecule has 1 heterocycles. The number of halogens is 3. The third kappa shape index (κ3) is 4.14. The van der Waals surface area contributed by atoms with Crippen molar-refractivity contribution in [1.82, 2.24) is 5.32 Å². The third-order valence-corrected chi connectivity index (χ3v) is 3.41. The first-order chi connectivity index (χ1) is 9.56. The summed E-state index contributed by atoms with van der Waals surface area (Å²) in [7, 11) is 0. The second kappa shape index (κ2) is 6.99. The predicted molar refractivity (Wildman–Crippen MR) is 71.6 cm³/mol. The van der Waals surface area contributed by atoms with E-state index < -0.39 is 12.7 Å². The minimum atomic E-state index is -2.90. The number of alkyl halides is 2. The van der Waals surface area contributed by atoms with Crippen molar-refractivity contribution in [1.29, 1.82) is 0 Å². The van der Waals surface area contributed by atoms with E-state index in [1.54, 1.807) is 12.1 Å². The summed E-state index contributed by atoms with van der Waals surface area (Å²) in [5.41, 5.74) is 0.478. The summed E-state index contributed by atoms with van der Waals surface area (Å²) in [6.45, 7) is -2.21. The van der Waals surface area contributed by atoms with Crippen LogP contribution in [0.5, 0.6) is 5.75 Å². The molecule has 0 saturated carbocycles. The van der Waals surface area contributed by atoms with Crippen LogP contribution in [0.2, 0.25) is 0 Å². The minimum Gasteiger partial charge on any atom is -0.434 e. The van der Waals surface area contributed by atoms with Crippen LogP contribution in [0.25, 0.3) is 0 Å². The lowest BCUT2D eigenvalue weighted by atomic mass is 10.2. The number of carbonyl (C=O) groups excluding carboxylic acids is 1. The van der Waals surface area contributed by atoms with E-state index in [1.165, 1.54) is 6.07 Å². The molecule has 0 unspecified atom stereocenters. The molecule has 1 aromatic carbocycles. The molecule has 1 aliphatic heterocycles. The molecule has 110 valence electrons. The highest BCUT2D eigenvalue weighted by molar-refractivity contribution is 9.10. The lowest BCUT2D eigenvalue weighted by molar-refractivity contribution is -0.130. The van der Waals surface area contributed by atoms with Crippen LogP contribution in [-0.4, -0.2) is 25.2 Å². The predicted octanol–water partition coefficient (Wildman–Crippen LogP) is 2.85. The summed E-state index contributed by atoms with van der Waals surface area (Å²) in [5.74, 6) is -0.179. The van der Waals surface area contributed by atoms with Crippen LogP contribution in [0.1, 0.15) is 18.4 Å². The molecule has 2 rings (SSSR count). The van der Waals surface area contributed by atoms with E-state index in [4.69, 9.17) is 4.74 Å². The minimum absolute atomic E-state index is 0.0517. The van der Waals surface area contributed by atoms with Crippen LogP contribution in [0.15, 0.2) is 22.7 Å². The van der Waals surface area contributed by atoms with E-state index in [1.807, 2.05) is 0 Å². The van der Waals surface area contributed by atoms with E-state index in [2.05, 4.69) is 26.0 Å². The Morgan fingerprint density at radius 2 is 2.35 bits per heavy atom. The summed E-state index contributed by atoms with van der Waals surface area (Å²) in [6.07, 6.45) is 1.10. The lowest BCUT2D eigenvalue weighted by Gasteiger charge is -2.14. The maximum absolute atomic E-state index is 12.3. The van der Waals surface area contributed by atoms with Gasteiger partial charge >= 0.3 is 6.61 Å². The molecule has 20 heavy (non-hydrogen) atoms. The Balaban J connectivity index is 2.00.